The maximum atomic E-state index is 5.57. The third-order valence-corrected chi connectivity index (χ3v) is 2.72. The van der Waals surface area contributed by atoms with Crippen molar-refractivity contribution in [2.24, 2.45) is 0 Å². The summed E-state index contributed by atoms with van der Waals surface area (Å²) in [5.74, 6) is 0.643. The summed E-state index contributed by atoms with van der Waals surface area (Å²) >= 11 is 0. The molecule has 0 aromatic carbocycles. The van der Waals surface area contributed by atoms with Gasteiger partial charge in [0.15, 0.2) is 0 Å². The minimum atomic E-state index is 0.350. The molecule has 0 unspecified atom stereocenters. The van der Waals surface area contributed by atoms with Crippen LogP contribution in [0.1, 0.15) is 23.9 Å². The first-order chi connectivity index (χ1) is 9.19. The fourth-order valence-corrected chi connectivity index (χ4v) is 1.57. The number of rotatable bonds is 5. The lowest BCUT2D eigenvalue weighted by Gasteiger charge is -2.08. The van der Waals surface area contributed by atoms with Crippen molar-refractivity contribution in [3.63, 3.8) is 0 Å². The molecule has 0 fully saturated rings. The Labute approximate surface area is 113 Å². The summed E-state index contributed by atoms with van der Waals surface area (Å²) in [6, 6.07) is 4.10. The minimum Gasteiger partial charge on any atom is -0.423 e. The molecule has 2 aromatic heterocycles. The number of pyridine rings is 1. The number of nitrogens with zero attached hydrogens (tertiary/aromatic N) is 3. The molecule has 100 valence electrons. The van der Waals surface area contributed by atoms with Gasteiger partial charge in [-0.3, -0.25) is 4.98 Å². The van der Waals surface area contributed by atoms with Crippen molar-refractivity contribution >= 4 is 0 Å². The average molecular weight is 258 g/mol. The zero-order chi connectivity index (χ0) is 13.7. The van der Waals surface area contributed by atoms with Gasteiger partial charge in [-0.25, -0.2) is 4.98 Å². The molecule has 5 heteroatoms. The van der Waals surface area contributed by atoms with E-state index in [-0.39, 0.29) is 0 Å². The standard InChI is InChI=1S/C14H18N4O/c1-4-15-7-12-8-17-14(18-11(12)3)19-13-6-5-10(2)16-9-13/h5-6,8-9,15H,4,7H2,1-3H3. The Kier molecular flexibility index (Phi) is 4.41. The van der Waals surface area contributed by atoms with Crippen molar-refractivity contribution in [1.82, 2.24) is 20.3 Å². The highest BCUT2D eigenvalue weighted by Gasteiger charge is 2.05. The fraction of sp³-hybridized carbons (Fsp3) is 0.357. The first kappa shape index (κ1) is 13.4. The molecule has 2 rings (SSSR count). The van der Waals surface area contributed by atoms with E-state index in [0.717, 1.165) is 30.0 Å². The molecule has 0 saturated heterocycles. The summed E-state index contributed by atoms with van der Waals surface area (Å²) in [5, 5.41) is 3.25. The number of nitrogens with one attached hydrogen (secondary N) is 1. The van der Waals surface area contributed by atoms with E-state index in [4.69, 9.17) is 4.74 Å². The van der Waals surface area contributed by atoms with Crippen LogP contribution in [0.15, 0.2) is 24.5 Å². The van der Waals surface area contributed by atoms with Gasteiger partial charge in [0.2, 0.25) is 0 Å². The summed E-state index contributed by atoms with van der Waals surface area (Å²) in [6.45, 7) is 7.65. The van der Waals surface area contributed by atoms with Gasteiger partial charge in [0, 0.05) is 29.7 Å². The Morgan fingerprint density at radius 3 is 2.63 bits per heavy atom. The van der Waals surface area contributed by atoms with Crippen LogP contribution in [0.4, 0.5) is 0 Å². The van der Waals surface area contributed by atoms with E-state index in [0.29, 0.717) is 11.8 Å². The molecule has 19 heavy (non-hydrogen) atoms. The van der Waals surface area contributed by atoms with Crippen molar-refractivity contribution in [3.8, 4) is 11.8 Å². The summed E-state index contributed by atoms with van der Waals surface area (Å²) in [4.78, 5) is 12.7. The van der Waals surface area contributed by atoms with Gasteiger partial charge in [0.25, 0.3) is 0 Å². The number of aromatic nitrogens is 3. The number of hydrogen-bond acceptors (Lipinski definition) is 5. The molecule has 0 aliphatic heterocycles. The van der Waals surface area contributed by atoms with E-state index in [2.05, 4.69) is 27.2 Å². The zero-order valence-corrected chi connectivity index (χ0v) is 11.5. The average Bonchev–Trinajstić information content (AvgIpc) is 2.41. The van der Waals surface area contributed by atoms with Gasteiger partial charge in [-0.15, -0.1) is 0 Å². The zero-order valence-electron chi connectivity index (χ0n) is 11.5. The van der Waals surface area contributed by atoms with Crippen LogP contribution in [0.5, 0.6) is 11.8 Å². The van der Waals surface area contributed by atoms with E-state index >= 15 is 0 Å². The summed E-state index contributed by atoms with van der Waals surface area (Å²) in [6.07, 6.45) is 3.46. The fourth-order valence-electron chi connectivity index (χ4n) is 1.57. The molecule has 5 nitrogen and oxygen atoms in total. The van der Waals surface area contributed by atoms with Crippen molar-refractivity contribution in [2.45, 2.75) is 27.3 Å². The molecule has 0 amide bonds. The van der Waals surface area contributed by atoms with Crippen LogP contribution < -0.4 is 10.1 Å². The van der Waals surface area contributed by atoms with Gasteiger partial charge in [-0.2, -0.15) is 4.98 Å². The van der Waals surface area contributed by atoms with Crippen LogP contribution in [0.3, 0.4) is 0 Å². The third kappa shape index (κ3) is 3.72. The van der Waals surface area contributed by atoms with Crippen molar-refractivity contribution in [2.75, 3.05) is 6.54 Å². The lowest BCUT2D eigenvalue weighted by Crippen LogP contribution is -2.13. The van der Waals surface area contributed by atoms with E-state index in [9.17, 15) is 0 Å². The molecular weight excluding hydrogens is 240 g/mol. The SMILES string of the molecule is CCNCc1cnc(Oc2ccc(C)nc2)nc1C. The number of hydrogen-bond donors (Lipinski definition) is 1. The highest BCUT2D eigenvalue weighted by molar-refractivity contribution is 5.24. The first-order valence-corrected chi connectivity index (χ1v) is 6.32. The van der Waals surface area contributed by atoms with E-state index in [1.807, 2.05) is 26.0 Å². The van der Waals surface area contributed by atoms with Crippen LogP contribution in [0, 0.1) is 13.8 Å². The number of ether oxygens (including phenoxy) is 1. The minimum absolute atomic E-state index is 0.350. The Balaban J connectivity index is 2.09. The molecule has 0 radical (unpaired) electrons. The number of aryl methyl sites for hydroxylation is 2. The molecule has 0 aliphatic carbocycles. The molecule has 0 bridgehead atoms. The Morgan fingerprint density at radius 1 is 1.16 bits per heavy atom. The Hall–Kier alpha value is -2.01. The van der Waals surface area contributed by atoms with Crippen molar-refractivity contribution < 1.29 is 4.74 Å². The third-order valence-electron chi connectivity index (χ3n) is 2.72. The van der Waals surface area contributed by atoms with Crippen LogP contribution in [-0.2, 0) is 6.54 Å². The second-order valence-corrected chi connectivity index (χ2v) is 4.28. The van der Waals surface area contributed by atoms with Crippen LogP contribution in [-0.4, -0.2) is 21.5 Å². The van der Waals surface area contributed by atoms with Gasteiger partial charge < -0.3 is 10.1 Å². The predicted octanol–water partition coefficient (Wildman–Crippen LogP) is 2.39. The van der Waals surface area contributed by atoms with Gasteiger partial charge in [-0.05, 0) is 32.5 Å². The Morgan fingerprint density at radius 2 is 2.00 bits per heavy atom. The summed E-state index contributed by atoms with van der Waals surface area (Å²) in [5.41, 5.74) is 2.95. The molecule has 2 heterocycles. The molecule has 0 spiro atoms. The monoisotopic (exact) mass is 258 g/mol. The van der Waals surface area contributed by atoms with Crippen LogP contribution in [0.2, 0.25) is 0 Å². The van der Waals surface area contributed by atoms with Crippen LogP contribution >= 0.6 is 0 Å². The normalized spacial score (nSPS) is 10.5. The highest BCUT2D eigenvalue weighted by Crippen LogP contribution is 2.17. The van der Waals surface area contributed by atoms with Crippen molar-refractivity contribution in [3.05, 3.63) is 41.5 Å². The molecular formula is C14H18N4O. The second kappa shape index (κ2) is 6.24. The summed E-state index contributed by atoms with van der Waals surface area (Å²) < 4.78 is 5.57. The molecule has 0 saturated carbocycles. The highest BCUT2D eigenvalue weighted by atomic mass is 16.5. The lowest BCUT2D eigenvalue weighted by molar-refractivity contribution is 0.437. The van der Waals surface area contributed by atoms with E-state index < -0.39 is 0 Å². The predicted molar refractivity (Wildman–Crippen MR) is 73.2 cm³/mol. The van der Waals surface area contributed by atoms with Gasteiger partial charge in [-0.1, -0.05) is 6.92 Å². The lowest BCUT2D eigenvalue weighted by atomic mass is 10.2. The molecule has 0 atom stereocenters. The van der Waals surface area contributed by atoms with Gasteiger partial charge in [0.05, 0.1) is 6.20 Å². The topological polar surface area (TPSA) is 59.9 Å². The molecule has 0 aliphatic rings. The molecule has 1 N–H and O–H groups in total. The first-order valence-electron chi connectivity index (χ1n) is 6.32. The van der Waals surface area contributed by atoms with E-state index in [1.165, 1.54) is 0 Å². The molecule has 2 aromatic rings. The smallest absolute Gasteiger partial charge is 0.322 e. The van der Waals surface area contributed by atoms with Crippen LogP contribution in [0.25, 0.3) is 0 Å². The van der Waals surface area contributed by atoms with Crippen molar-refractivity contribution in [1.29, 1.82) is 0 Å². The van der Waals surface area contributed by atoms with Gasteiger partial charge in [0.1, 0.15) is 5.75 Å². The van der Waals surface area contributed by atoms with Gasteiger partial charge >= 0.3 is 6.01 Å². The Bertz CT molecular complexity index is 540. The quantitative estimate of drug-likeness (QED) is 0.892. The largest absolute Gasteiger partial charge is 0.423 e. The summed E-state index contributed by atoms with van der Waals surface area (Å²) in [7, 11) is 0. The second-order valence-electron chi connectivity index (χ2n) is 4.28. The van der Waals surface area contributed by atoms with E-state index in [1.54, 1.807) is 12.4 Å². The maximum Gasteiger partial charge on any atom is 0.322 e. The maximum absolute atomic E-state index is 5.57.